The number of nitrogens with zero attached hydrogens (tertiary/aromatic N) is 1. The van der Waals surface area contributed by atoms with Crippen LogP contribution in [0.25, 0.3) is 33.6 Å². The number of benzene rings is 3. The summed E-state index contributed by atoms with van der Waals surface area (Å²) < 4.78 is 7.70. The summed E-state index contributed by atoms with van der Waals surface area (Å²) >= 11 is 0. The van der Waals surface area contributed by atoms with Crippen molar-refractivity contribution in [2.75, 3.05) is 6.61 Å². The third kappa shape index (κ3) is 5.26. The number of carbonyl (C=O) groups is 1. The molecular weight excluding hydrogens is 418 g/mol. The second kappa shape index (κ2) is 10.5. The van der Waals surface area contributed by atoms with E-state index in [1.54, 1.807) is 0 Å². The van der Waals surface area contributed by atoms with Crippen molar-refractivity contribution in [3.63, 3.8) is 0 Å². The van der Waals surface area contributed by atoms with E-state index >= 15 is 0 Å². The zero-order chi connectivity index (χ0) is 24.0. The van der Waals surface area contributed by atoms with E-state index in [1.807, 2.05) is 39.0 Å². The smallest absolute Gasteiger partial charge is 0.311 e. The first-order valence-corrected chi connectivity index (χ1v) is 11.9. The van der Waals surface area contributed by atoms with Crippen LogP contribution in [0.15, 0.2) is 103 Å². The molecule has 0 unspecified atom stereocenters. The third-order valence-corrected chi connectivity index (χ3v) is 6.20. The molecule has 0 amide bonds. The molecule has 3 heteroatoms. The Bertz CT molecular complexity index is 1170. The van der Waals surface area contributed by atoms with E-state index in [1.165, 1.54) is 11.1 Å². The molecule has 1 heterocycles. The van der Waals surface area contributed by atoms with Gasteiger partial charge in [-0.1, -0.05) is 66.7 Å². The van der Waals surface area contributed by atoms with Gasteiger partial charge in [0.25, 0.3) is 0 Å². The lowest BCUT2D eigenvalue weighted by atomic mass is 9.89. The van der Waals surface area contributed by atoms with Crippen LogP contribution in [-0.2, 0) is 16.1 Å². The fourth-order valence-electron chi connectivity index (χ4n) is 4.18. The fraction of sp³-hybridized carbons (Fsp3) is 0.226. The normalized spacial score (nSPS) is 11.3. The molecule has 0 aliphatic carbocycles. The molecule has 172 valence electrons. The van der Waals surface area contributed by atoms with E-state index in [9.17, 15) is 4.79 Å². The van der Waals surface area contributed by atoms with E-state index < -0.39 is 5.41 Å². The Kier molecular flexibility index (Phi) is 7.22. The van der Waals surface area contributed by atoms with Crippen LogP contribution in [0, 0.1) is 5.41 Å². The Hall–Kier alpha value is -3.72. The summed E-state index contributed by atoms with van der Waals surface area (Å²) in [5.74, 6) is -0.154. The van der Waals surface area contributed by atoms with Crippen molar-refractivity contribution in [1.82, 2.24) is 0 Å². The Labute approximate surface area is 202 Å². The van der Waals surface area contributed by atoms with Crippen LogP contribution >= 0.6 is 0 Å². The van der Waals surface area contributed by atoms with E-state index in [4.69, 9.17) is 4.74 Å². The molecule has 4 aromatic rings. The number of pyridine rings is 1. The van der Waals surface area contributed by atoms with Crippen LogP contribution in [0.4, 0.5) is 0 Å². The van der Waals surface area contributed by atoms with Crippen molar-refractivity contribution in [2.45, 2.75) is 33.7 Å². The molecule has 0 radical (unpaired) electrons. The molecule has 0 bridgehead atoms. The maximum atomic E-state index is 12.6. The SMILES string of the molecule is CCOC(=O)C(C)(C)CC[n+]1c(-c2ccccc2)cc(-c2ccccc2)cc1-c1ccccc1. The molecule has 34 heavy (non-hydrogen) atoms. The van der Waals surface area contributed by atoms with Crippen LogP contribution in [0.5, 0.6) is 0 Å². The largest absolute Gasteiger partial charge is 0.466 e. The lowest BCUT2D eigenvalue weighted by Crippen LogP contribution is -2.42. The predicted octanol–water partition coefficient (Wildman–Crippen LogP) is 6.95. The lowest BCUT2D eigenvalue weighted by Gasteiger charge is -2.21. The number of hydrogen-bond acceptors (Lipinski definition) is 2. The van der Waals surface area contributed by atoms with E-state index in [0.717, 1.165) is 22.5 Å². The van der Waals surface area contributed by atoms with E-state index in [0.29, 0.717) is 19.6 Å². The zero-order valence-corrected chi connectivity index (χ0v) is 20.2. The van der Waals surface area contributed by atoms with Gasteiger partial charge in [0, 0.05) is 29.7 Å². The van der Waals surface area contributed by atoms with E-state index in [-0.39, 0.29) is 5.97 Å². The van der Waals surface area contributed by atoms with Gasteiger partial charge < -0.3 is 4.74 Å². The Morgan fingerprint density at radius 2 is 1.15 bits per heavy atom. The minimum atomic E-state index is -0.580. The summed E-state index contributed by atoms with van der Waals surface area (Å²) in [5.41, 5.74) is 6.30. The third-order valence-electron chi connectivity index (χ3n) is 6.20. The number of esters is 1. The average Bonchev–Trinajstić information content (AvgIpc) is 2.88. The first kappa shape index (κ1) is 23.4. The molecule has 0 fully saturated rings. The summed E-state index contributed by atoms with van der Waals surface area (Å²) in [5, 5.41) is 0. The maximum Gasteiger partial charge on any atom is 0.311 e. The van der Waals surface area contributed by atoms with Crippen LogP contribution in [0.1, 0.15) is 27.2 Å². The molecule has 0 aliphatic heterocycles. The van der Waals surface area contributed by atoms with Gasteiger partial charge in [0.05, 0.1) is 12.0 Å². The molecule has 0 saturated heterocycles. The molecule has 0 spiro atoms. The number of aromatic nitrogens is 1. The van der Waals surface area contributed by atoms with Gasteiger partial charge in [-0.15, -0.1) is 0 Å². The van der Waals surface area contributed by atoms with Gasteiger partial charge in [-0.05, 0) is 56.2 Å². The highest BCUT2D eigenvalue weighted by Crippen LogP contribution is 2.30. The van der Waals surface area contributed by atoms with Crippen LogP contribution in [0.3, 0.4) is 0 Å². The average molecular weight is 451 g/mol. The first-order chi connectivity index (χ1) is 16.5. The monoisotopic (exact) mass is 450 g/mol. The molecule has 0 saturated carbocycles. The van der Waals surface area contributed by atoms with Gasteiger partial charge in [0.2, 0.25) is 11.4 Å². The van der Waals surface area contributed by atoms with E-state index in [2.05, 4.69) is 89.5 Å². The molecule has 3 nitrogen and oxygen atoms in total. The van der Waals surface area contributed by atoms with Gasteiger partial charge in [-0.3, -0.25) is 4.79 Å². The summed E-state index contributed by atoms with van der Waals surface area (Å²) in [4.78, 5) is 12.6. The lowest BCUT2D eigenvalue weighted by molar-refractivity contribution is -0.677. The Morgan fingerprint density at radius 3 is 1.59 bits per heavy atom. The molecule has 0 aliphatic rings. The summed E-state index contributed by atoms with van der Waals surface area (Å²) in [6, 6.07) is 35.9. The first-order valence-electron chi connectivity index (χ1n) is 11.9. The highest BCUT2D eigenvalue weighted by Gasteiger charge is 2.32. The molecule has 4 rings (SSSR count). The quantitative estimate of drug-likeness (QED) is 0.215. The van der Waals surface area contributed by atoms with Crippen molar-refractivity contribution < 1.29 is 14.1 Å². The van der Waals surface area contributed by atoms with Crippen LogP contribution in [-0.4, -0.2) is 12.6 Å². The highest BCUT2D eigenvalue weighted by atomic mass is 16.5. The fourth-order valence-corrected chi connectivity index (χ4v) is 4.18. The standard InChI is InChI=1S/C31H32NO2/c1-4-34-30(33)31(2,3)20-21-32-28(25-16-10-6-11-17-25)22-27(24-14-8-5-9-15-24)23-29(32)26-18-12-7-13-19-26/h5-19,22-23H,4,20-21H2,1-3H3/q+1. The topological polar surface area (TPSA) is 30.2 Å². The highest BCUT2D eigenvalue weighted by molar-refractivity contribution is 5.76. The minimum absolute atomic E-state index is 0.154. The number of hydrogen-bond donors (Lipinski definition) is 0. The van der Waals surface area contributed by atoms with Crippen molar-refractivity contribution >= 4 is 5.97 Å². The Morgan fingerprint density at radius 1 is 0.706 bits per heavy atom. The summed E-state index contributed by atoms with van der Waals surface area (Å²) in [6.45, 7) is 6.87. The van der Waals surface area contributed by atoms with Gasteiger partial charge in [-0.2, -0.15) is 4.57 Å². The van der Waals surface area contributed by atoms with Crippen LogP contribution < -0.4 is 4.57 Å². The second-order valence-electron chi connectivity index (χ2n) is 9.12. The van der Waals surface area contributed by atoms with Crippen LogP contribution in [0.2, 0.25) is 0 Å². The molecule has 0 N–H and O–H groups in total. The van der Waals surface area contributed by atoms with Crippen molar-refractivity contribution in [3.05, 3.63) is 103 Å². The number of rotatable bonds is 8. The molecular formula is C31H32NO2+. The number of carbonyl (C=O) groups excluding carboxylic acids is 1. The van der Waals surface area contributed by atoms with Gasteiger partial charge in [0.1, 0.15) is 0 Å². The van der Waals surface area contributed by atoms with Crippen molar-refractivity contribution in [1.29, 1.82) is 0 Å². The molecule has 3 aromatic carbocycles. The molecule has 1 aromatic heterocycles. The Balaban J connectivity index is 1.89. The summed E-state index contributed by atoms with van der Waals surface area (Å²) in [6.07, 6.45) is 0.668. The summed E-state index contributed by atoms with van der Waals surface area (Å²) in [7, 11) is 0. The maximum absolute atomic E-state index is 12.6. The van der Waals surface area contributed by atoms with Gasteiger partial charge in [0.15, 0.2) is 6.54 Å². The van der Waals surface area contributed by atoms with Crippen molar-refractivity contribution in [3.8, 4) is 33.6 Å². The zero-order valence-electron chi connectivity index (χ0n) is 20.2. The second-order valence-corrected chi connectivity index (χ2v) is 9.12. The number of ether oxygens (including phenoxy) is 1. The van der Waals surface area contributed by atoms with Gasteiger partial charge in [-0.25, -0.2) is 0 Å². The minimum Gasteiger partial charge on any atom is -0.466 e. The predicted molar refractivity (Wildman–Crippen MR) is 138 cm³/mol. The molecule has 0 atom stereocenters. The van der Waals surface area contributed by atoms with Crippen molar-refractivity contribution in [2.24, 2.45) is 5.41 Å². The van der Waals surface area contributed by atoms with Gasteiger partial charge >= 0.3 is 5.97 Å².